The Bertz CT molecular complexity index is 281. The molecule has 1 aromatic heterocycles. The van der Waals surface area contributed by atoms with E-state index < -0.39 is 0 Å². The van der Waals surface area contributed by atoms with Gasteiger partial charge in [0.25, 0.3) is 0 Å². The Morgan fingerprint density at radius 2 is 2.18 bits per heavy atom. The highest BCUT2D eigenvalue weighted by atomic mass is 16.6. The summed E-state index contributed by atoms with van der Waals surface area (Å²) >= 11 is 0. The molecule has 0 amide bonds. The normalized spacial score (nSPS) is 21.6. The van der Waals surface area contributed by atoms with Crippen LogP contribution in [0.2, 0.25) is 0 Å². The minimum Gasteiger partial charge on any atom is -0.371 e. The number of hydrogen-bond acceptors (Lipinski definition) is 2. The molecule has 0 bridgehead atoms. The molecule has 3 heteroatoms. The van der Waals surface area contributed by atoms with Crippen molar-refractivity contribution < 1.29 is 4.74 Å². The lowest BCUT2D eigenvalue weighted by Gasteiger charge is -2.00. The van der Waals surface area contributed by atoms with Gasteiger partial charge in [0, 0.05) is 24.5 Å². The van der Waals surface area contributed by atoms with Crippen molar-refractivity contribution in [1.29, 1.82) is 0 Å². The predicted octanol–water partition coefficient (Wildman–Crippen LogP) is 0.247. The van der Waals surface area contributed by atoms with Gasteiger partial charge in [-0.2, -0.15) is 0 Å². The first-order valence-electron chi connectivity index (χ1n) is 3.62. The van der Waals surface area contributed by atoms with Crippen LogP contribution in [0.4, 0.5) is 0 Å². The molecule has 2 rings (SSSR count). The Labute approximate surface area is 64.2 Å². The zero-order chi connectivity index (χ0) is 7.68. The molecular weight excluding hydrogens is 142 g/mol. The molecule has 1 saturated heterocycles. The quantitative estimate of drug-likeness (QED) is 0.568. The standard InChI is InChI=1S/C8H9NO2/c10-7-1-3-9(4-2-7)5-8-6-11-8/h1-4,8H,5-6H2. The van der Waals surface area contributed by atoms with Crippen LogP contribution in [-0.4, -0.2) is 17.3 Å². The van der Waals surface area contributed by atoms with Gasteiger partial charge in [-0.15, -0.1) is 0 Å². The van der Waals surface area contributed by atoms with Crippen molar-refractivity contribution in [3.05, 3.63) is 34.7 Å². The fourth-order valence-electron chi connectivity index (χ4n) is 0.974. The van der Waals surface area contributed by atoms with Gasteiger partial charge in [-0.25, -0.2) is 0 Å². The second-order valence-corrected chi connectivity index (χ2v) is 2.69. The number of epoxide rings is 1. The topological polar surface area (TPSA) is 34.5 Å². The lowest BCUT2D eigenvalue weighted by molar-refractivity contribution is 0.382. The zero-order valence-corrected chi connectivity index (χ0v) is 6.06. The van der Waals surface area contributed by atoms with Crippen LogP contribution in [0.1, 0.15) is 0 Å². The monoisotopic (exact) mass is 151 g/mol. The Morgan fingerprint density at radius 3 is 2.73 bits per heavy atom. The van der Waals surface area contributed by atoms with Gasteiger partial charge in [-0.1, -0.05) is 0 Å². The van der Waals surface area contributed by atoms with E-state index in [1.54, 1.807) is 24.5 Å². The summed E-state index contributed by atoms with van der Waals surface area (Å²) in [7, 11) is 0. The third-order valence-electron chi connectivity index (χ3n) is 1.68. The molecule has 0 aliphatic carbocycles. The number of pyridine rings is 1. The van der Waals surface area contributed by atoms with Crippen LogP contribution in [0.5, 0.6) is 0 Å². The molecule has 3 nitrogen and oxygen atoms in total. The van der Waals surface area contributed by atoms with Gasteiger partial charge in [-0.05, 0) is 0 Å². The van der Waals surface area contributed by atoms with Crippen LogP contribution >= 0.6 is 0 Å². The lowest BCUT2D eigenvalue weighted by atomic mass is 10.4. The number of hydrogen-bond donors (Lipinski definition) is 0. The SMILES string of the molecule is O=c1ccn(CC2CO2)cc1. The van der Waals surface area contributed by atoms with E-state index in [9.17, 15) is 4.79 Å². The maximum Gasteiger partial charge on any atom is 0.181 e. The summed E-state index contributed by atoms with van der Waals surface area (Å²) in [6.45, 7) is 1.71. The fourth-order valence-corrected chi connectivity index (χ4v) is 0.974. The second kappa shape index (κ2) is 2.51. The smallest absolute Gasteiger partial charge is 0.181 e. The fraction of sp³-hybridized carbons (Fsp3) is 0.375. The van der Waals surface area contributed by atoms with Crippen molar-refractivity contribution in [2.45, 2.75) is 12.6 Å². The molecule has 0 aromatic carbocycles. The van der Waals surface area contributed by atoms with Crippen molar-refractivity contribution in [3.63, 3.8) is 0 Å². The van der Waals surface area contributed by atoms with Crippen molar-refractivity contribution in [1.82, 2.24) is 4.57 Å². The molecular formula is C8H9NO2. The first-order chi connectivity index (χ1) is 5.34. The highest BCUT2D eigenvalue weighted by Gasteiger charge is 2.21. The van der Waals surface area contributed by atoms with E-state index in [0.29, 0.717) is 6.10 Å². The third-order valence-corrected chi connectivity index (χ3v) is 1.68. The van der Waals surface area contributed by atoms with Crippen LogP contribution in [0.15, 0.2) is 29.3 Å². The first-order valence-corrected chi connectivity index (χ1v) is 3.62. The Morgan fingerprint density at radius 1 is 1.55 bits per heavy atom. The van der Waals surface area contributed by atoms with Crippen molar-refractivity contribution in [2.24, 2.45) is 0 Å². The summed E-state index contributed by atoms with van der Waals surface area (Å²) < 4.78 is 7.00. The summed E-state index contributed by atoms with van der Waals surface area (Å²) in [5.41, 5.74) is 0.0537. The summed E-state index contributed by atoms with van der Waals surface area (Å²) in [6.07, 6.45) is 3.94. The second-order valence-electron chi connectivity index (χ2n) is 2.69. The van der Waals surface area contributed by atoms with Gasteiger partial charge < -0.3 is 9.30 Å². The molecule has 58 valence electrons. The van der Waals surface area contributed by atoms with Gasteiger partial charge in [0.2, 0.25) is 0 Å². The van der Waals surface area contributed by atoms with E-state index in [2.05, 4.69) is 0 Å². The molecule has 0 radical (unpaired) electrons. The molecule has 2 heterocycles. The predicted molar refractivity (Wildman–Crippen MR) is 40.4 cm³/mol. The highest BCUT2D eigenvalue weighted by molar-refractivity contribution is 4.94. The summed E-state index contributed by atoms with van der Waals surface area (Å²) in [5, 5.41) is 0. The molecule has 11 heavy (non-hydrogen) atoms. The van der Waals surface area contributed by atoms with Crippen LogP contribution in [0, 0.1) is 0 Å². The Balaban J connectivity index is 2.11. The number of ether oxygens (including phenoxy) is 1. The van der Waals surface area contributed by atoms with E-state index in [0.717, 1.165) is 13.2 Å². The zero-order valence-electron chi connectivity index (χ0n) is 6.06. The largest absolute Gasteiger partial charge is 0.371 e. The van der Waals surface area contributed by atoms with E-state index in [1.807, 2.05) is 4.57 Å². The van der Waals surface area contributed by atoms with Gasteiger partial charge in [0.15, 0.2) is 5.43 Å². The van der Waals surface area contributed by atoms with Crippen molar-refractivity contribution >= 4 is 0 Å². The van der Waals surface area contributed by atoms with Gasteiger partial charge in [0.05, 0.1) is 19.3 Å². The average molecular weight is 151 g/mol. The molecule has 1 unspecified atom stereocenters. The molecule has 1 aromatic rings. The van der Waals surface area contributed by atoms with Crippen LogP contribution in [0.25, 0.3) is 0 Å². The first kappa shape index (κ1) is 6.61. The van der Waals surface area contributed by atoms with Crippen LogP contribution in [-0.2, 0) is 11.3 Å². The minimum atomic E-state index is 0.0537. The number of rotatable bonds is 2. The van der Waals surface area contributed by atoms with Crippen molar-refractivity contribution in [2.75, 3.05) is 6.61 Å². The molecule has 0 spiro atoms. The van der Waals surface area contributed by atoms with Crippen molar-refractivity contribution in [3.8, 4) is 0 Å². The molecule has 0 saturated carbocycles. The van der Waals surface area contributed by atoms with Crippen LogP contribution < -0.4 is 5.43 Å². The lowest BCUT2D eigenvalue weighted by Crippen LogP contribution is -2.07. The van der Waals surface area contributed by atoms with E-state index in [1.165, 1.54) is 0 Å². The van der Waals surface area contributed by atoms with E-state index >= 15 is 0 Å². The van der Waals surface area contributed by atoms with Gasteiger partial charge >= 0.3 is 0 Å². The number of aromatic nitrogens is 1. The molecule has 1 aliphatic rings. The summed E-state index contributed by atoms with van der Waals surface area (Å²) in [4.78, 5) is 10.7. The average Bonchev–Trinajstić information content (AvgIpc) is 2.78. The maximum atomic E-state index is 10.7. The van der Waals surface area contributed by atoms with E-state index in [-0.39, 0.29) is 5.43 Å². The Hall–Kier alpha value is -1.09. The summed E-state index contributed by atoms with van der Waals surface area (Å²) in [6, 6.07) is 3.12. The van der Waals surface area contributed by atoms with Gasteiger partial charge in [0.1, 0.15) is 0 Å². The third kappa shape index (κ3) is 1.68. The van der Waals surface area contributed by atoms with Gasteiger partial charge in [-0.3, -0.25) is 4.79 Å². The van der Waals surface area contributed by atoms with Crippen LogP contribution in [0.3, 0.4) is 0 Å². The molecule has 1 aliphatic heterocycles. The molecule has 0 N–H and O–H groups in total. The molecule has 1 fully saturated rings. The number of nitrogens with zero attached hydrogens (tertiary/aromatic N) is 1. The molecule has 1 atom stereocenters. The highest BCUT2D eigenvalue weighted by Crippen LogP contribution is 2.10. The maximum absolute atomic E-state index is 10.7. The minimum absolute atomic E-state index is 0.0537. The van der Waals surface area contributed by atoms with E-state index in [4.69, 9.17) is 4.74 Å². The Kier molecular flexibility index (Phi) is 1.51. The summed E-state index contributed by atoms with van der Waals surface area (Å²) in [5.74, 6) is 0.